The quantitative estimate of drug-likeness (QED) is 0.688. The molecule has 3 atom stereocenters. The van der Waals surface area contributed by atoms with E-state index in [1.54, 1.807) is 0 Å². The second kappa shape index (κ2) is 9.10. The minimum Gasteiger partial charge on any atom is -0.466 e. The Bertz CT molecular complexity index is 509. The fourth-order valence-corrected chi connectivity index (χ4v) is 4.03. The lowest BCUT2D eigenvalue weighted by atomic mass is 9.84. The van der Waals surface area contributed by atoms with E-state index in [1.165, 1.54) is 24.1 Å². The third kappa shape index (κ3) is 5.25. The molecule has 1 aliphatic carbocycles. The average Bonchev–Trinajstić information content (AvgIpc) is 2.93. The van der Waals surface area contributed by atoms with Crippen LogP contribution in [0.25, 0.3) is 0 Å². The second-order valence-corrected chi connectivity index (χ2v) is 7.49. The molecule has 2 rings (SSSR count). The summed E-state index contributed by atoms with van der Waals surface area (Å²) in [4.78, 5) is 11.4. The average molecular weight is 332 g/mol. The first-order valence-electron chi connectivity index (χ1n) is 9.49. The summed E-state index contributed by atoms with van der Waals surface area (Å²) < 4.78 is 4.97. The molecular weight excluding hydrogens is 298 g/mol. The number of carbonyl (C=O) groups excluding carboxylic acids is 1. The van der Waals surface area contributed by atoms with E-state index in [0.717, 1.165) is 36.6 Å². The Labute approximate surface area is 147 Å². The molecule has 1 saturated carbocycles. The van der Waals surface area contributed by atoms with Crippen molar-refractivity contribution in [2.24, 2.45) is 23.7 Å². The summed E-state index contributed by atoms with van der Waals surface area (Å²) in [5, 5.41) is 3.60. The van der Waals surface area contributed by atoms with Crippen molar-refractivity contribution in [3.05, 3.63) is 29.8 Å². The lowest BCUT2D eigenvalue weighted by Crippen LogP contribution is -2.21. The van der Waals surface area contributed by atoms with Crippen LogP contribution in [0.5, 0.6) is 0 Å². The number of carbonyl (C=O) groups is 1. The third-order valence-corrected chi connectivity index (χ3v) is 5.59. The van der Waals surface area contributed by atoms with Gasteiger partial charge in [-0.1, -0.05) is 32.9 Å². The first-order chi connectivity index (χ1) is 11.5. The fraction of sp³-hybridized carbons (Fsp3) is 0.667. The van der Waals surface area contributed by atoms with Crippen LogP contribution < -0.4 is 5.32 Å². The van der Waals surface area contributed by atoms with E-state index in [4.69, 9.17) is 4.74 Å². The maximum atomic E-state index is 11.4. The Balaban J connectivity index is 1.77. The van der Waals surface area contributed by atoms with Gasteiger partial charge in [0.2, 0.25) is 0 Å². The molecule has 134 valence electrons. The van der Waals surface area contributed by atoms with E-state index >= 15 is 0 Å². The Morgan fingerprint density at radius 1 is 1.25 bits per heavy atom. The molecule has 0 aromatic heterocycles. The molecule has 0 amide bonds. The number of anilines is 1. The Morgan fingerprint density at radius 3 is 2.54 bits per heavy atom. The molecule has 3 nitrogen and oxygen atoms in total. The summed E-state index contributed by atoms with van der Waals surface area (Å²) in [5.41, 5.74) is 2.36. The molecule has 1 fully saturated rings. The molecule has 0 radical (unpaired) electrons. The zero-order valence-electron chi connectivity index (χ0n) is 15.7. The molecule has 0 spiro atoms. The molecule has 0 saturated heterocycles. The fourth-order valence-electron chi connectivity index (χ4n) is 4.03. The van der Waals surface area contributed by atoms with E-state index in [1.807, 2.05) is 6.92 Å². The molecule has 0 heterocycles. The summed E-state index contributed by atoms with van der Waals surface area (Å²) in [6.45, 7) is 10.5. The number of rotatable bonds is 8. The van der Waals surface area contributed by atoms with Gasteiger partial charge in [0.05, 0.1) is 6.61 Å². The zero-order chi connectivity index (χ0) is 17.5. The molecule has 1 aromatic rings. The topological polar surface area (TPSA) is 38.3 Å². The highest BCUT2D eigenvalue weighted by Gasteiger charge is 2.33. The van der Waals surface area contributed by atoms with E-state index in [-0.39, 0.29) is 5.97 Å². The van der Waals surface area contributed by atoms with E-state index < -0.39 is 0 Å². The summed E-state index contributed by atoms with van der Waals surface area (Å²) in [6.07, 6.45) is 3.91. The van der Waals surface area contributed by atoms with Crippen LogP contribution in [0.3, 0.4) is 0 Å². The van der Waals surface area contributed by atoms with Gasteiger partial charge < -0.3 is 10.1 Å². The van der Waals surface area contributed by atoms with Crippen LogP contribution >= 0.6 is 0 Å². The van der Waals surface area contributed by atoms with Gasteiger partial charge in [-0.25, -0.2) is 0 Å². The van der Waals surface area contributed by atoms with Crippen molar-refractivity contribution in [3.63, 3.8) is 0 Å². The van der Waals surface area contributed by atoms with Crippen molar-refractivity contribution in [2.75, 3.05) is 18.5 Å². The van der Waals surface area contributed by atoms with Gasteiger partial charge in [-0.15, -0.1) is 0 Å². The normalized spacial score (nSPS) is 23.5. The van der Waals surface area contributed by atoms with Crippen LogP contribution in [-0.2, 0) is 16.0 Å². The molecule has 24 heavy (non-hydrogen) atoms. The Hall–Kier alpha value is -1.51. The van der Waals surface area contributed by atoms with Crippen molar-refractivity contribution in [2.45, 2.75) is 53.4 Å². The highest BCUT2D eigenvalue weighted by Crippen LogP contribution is 2.40. The number of hydrogen-bond donors (Lipinski definition) is 1. The van der Waals surface area contributed by atoms with Gasteiger partial charge in [0.1, 0.15) is 0 Å². The first-order valence-corrected chi connectivity index (χ1v) is 9.49. The van der Waals surface area contributed by atoms with Crippen LogP contribution in [0.15, 0.2) is 24.3 Å². The summed E-state index contributed by atoms with van der Waals surface area (Å²) >= 11 is 0. The van der Waals surface area contributed by atoms with Crippen LogP contribution in [0.2, 0.25) is 0 Å². The molecule has 3 unspecified atom stereocenters. The van der Waals surface area contributed by atoms with Crippen LogP contribution in [0.4, 0.5) is 5.69 Å². The number of esters is 1. The van der Waals surface area contributed by atoms with Crippen molar-refractivity contribution in [1.29, 1.82) is 0 Å². The highest BCUT2D eigenvalue weighted by atomic mass is 16.5. The van der Waals surface area contributed by atoms with Gasteiger partial charge >= 0.3 is 5.97 Å². The number of benzene rings is 1. The Morgan fingerprint density at radius 2 is 1.96 bits per heavy atom. The first kappa shape index (κ1) is 18.8. The van der Waals surface area contributed by atoms with E-state index in [9.17, 15) is 4.79 Å². The predicted molar refractivity (Wildman–Crippen MR) is 100 cm³/mol. The molecular formula is C21H33NO2. The monoisotopic (exact) mass is 331 g/mol. The largest absolute Gasteiger partial charge is 0.466 e. The van der Waals surface area contributed by atoms with Gasteiger partial charge in [0.15, 0.2) is 0 Å². The molecule has 1 aromatic carbocycles. The van der Waals surface area contributed by atoms with Crippen LogP contribution in [0, 0.1) is 23.7 Å². The maximum Gasteiger partial charge on any atom is 0.306 e. The molecule has 3 heteroatoms. The molecule has 1 aliphatic rings. The van der Waals surface area contributed by atoms with Crippen molar-refractivity contribution in [1.82, 2.24) is 0 Å². The SMILES string of the molecule is CCOC(=O)CCc1ccc(NCC2CCC(C(C)C)C2C)cc1. The number of hydrogen-bond acceptors (Lipinski definition) is 3. The van der Waals surface area contributed by atoms with Crippen molar-refractivity contribution < 1.29 is 9.53 Å². The van der Waals surface area contributed by atoms with E-state index in [0.29, 0.717) is 13.0 Å². The van der Waals surface area contributed by atoms with Gasteiger partial charge in [-0.2, -0.15) is 0 Å². The highest BCUT2D eigenvalue weighted by molar-refractivity contribution is 5.69. The Kier molecular flexibility index (Phi) is 7.14. The van der Waals surface area contributed by atoms with Gasteiger partial charge in [-0.3, -0.25) is 4.79 Å². The smallest absolute Gasteiger partial charge is 0.306 e. The van der Waals surface area contributed by atoms with Gasteiger partial charge in [-0.05, 0) is 67.6 Å². The van der Waals surface area contributed by atoms with Gasteiger partial charge in [0.25, 0.3) is 0 Å². The molecule has 1 N–H and O–H groups in total. The maximum absolute atomic E-state index is 11.4. The zero-order valence-corrected chi connectivity index (χ0v) is 15.7. The van der Waals surface area contributed by atoms with Gasteiger partial charge in [0, 0.05) is 18.7 Å². The van der Waals surface area contributed by atoms with Crippen molar-refractivity contribution >= 4 is 11.7 Å². The number of aryl methyl sites for hydroxylation is 1. The summed E-state index contributed by atoms with van der Waals surface area (Å²) in [7, 11) is 0. The minimum absolute atomic E-state index is 0.116. The lowest BCUT2D eigenvalue weighted by Gasteiger charge is -2.24. The molecule has 0 aliphatic heterocycles. The predicted octanol–water partition coefficient (Wildman–Crippen LogP) is 4.91. The van der Waals surface area contributed by atoms with Crippen LogP contribution in [-0.4, -0.2) is 19.1 Å². The third-order valence-electron chi connectivity index (χ3n) is 5.59. The molecule has 0 bridgehead atoms. The second-order valence-electron chi connectivity index (χ2n) is 7.49. The number of nitrogens with one attached hydrogen (secondary N) is 1. The minimum atomic E-state index is -0.116. The number of ether oxygens (including phenoxy) is 1. The van der Waals surface area contributed by atoms with Crippen LogP contribution in [0.1, 0.15) is 52.5 Å². The summed E-state index contributed by atoms with van der Waals surface area (Å²) in [5.74, 6) is 3.14. The van der Waals surface area contributed by atoms with Crippen molar-refractivity contribution in [3.8, 4) is 0 Å². The standard InChI is InChI=1S/C21H33NO2/c1-5-24-21(23)13-8-17-6-10-19(11-7-17)22-14-18-9-12-20(15(2)3)16(18)4/h6-7,10-11,15-16,18,20,22H,5,8-9,12-14H2,1-4H3. The lowest BCUT2D eigenvalue weighted by molar-refractivity contribution is -0.143. The summed E-state index contributed by atoms with van der Waals surface area (Å²) in [6, 6.07) is 8.47. The van der Waals surface area contributed by atoms with E-state index in [2.05, 4.69) is 50.4 Å².